The van der Waals surface area contributed by atoms with E-state index in [9.17, 15) is 4.79 Å². The van der Waals surface area contributed by atoms with Gasteiger partial charge < -0.3 is 26.2 Å². The minimum absolute atomic E-state index is 0. The lowest BCUT2D eigenvalue weighted by molar-refractivity contribution is -0.896. The smallest absolute Gasteiger partial charge is 0.361 e. The quantitative estimate of drug-likeness (QED) is 0.345. The molecule has 126 valence electrons. The lowest BCUT2D eigenvalue weighted by Crippen LogP contribution is -3.00. The Morgan fingerprint density at radius 2 is 1.68 bits per heavy atom. The summed E-state index contributed by atoms with van der Waals surface area (Å²) in [7, 11) is 4.13. The highest BCUT2D eigenvalue weighted by Gasteiger charge is 2.21. The predicted octanol–water partition coefficient (Wildman–Crippen LogP) is 0.781. The molecular formula is C18H30BrNO2. The Kier molecular flexibility index (Phi) is 11.2. The van der Waals surface area contributed by atoms with Crippen molar-refractivity contribution >= 4 is 5.97 Å². The maximum Gasteiger partial charge on any atom is 0.361 e. The Bertz CT molecular complexity index is 407. The number of unbranched alkanes of at least 4 members (excludes halogenated alkanes) is 4. The number of esters is 1. The lowest BCUT2D eigenvalue weighted by atomic mass is 10.2. The monoisotopic (exact) mass is 371 g/mol. The average Bonchev–Trinajstić information content (AvgIpc) is 2.42. The van der Waals surface area contributed by atoms with Gasteiger partial charge in [0.1, 0.15) is 6.54 Å². The Morgan fingerprint density at radius 3 is 2.32 bits per heavy atom. The molecule has 0 bridgehead atoms. The van der Waals surface area contributed by atoms with Crippen LogP contribution in [-0.4, -0.2) is 37.7 Å². The van der Waals surface area contributed by atoms with Gasteiger partial charge in [-0.2, -0.15) is 0 Å². The van der Waals surface area contributed by atoms with Crippen LogP contribution in [0.2, 0.25) is 0 Å². The molecular weight excluding hydrogens is 342 g/mol. The highest BCUT2D eigenvalue weighted by Crippen LogP contribution is 2.09. The molecule has 0 aliphatic heterocycles. The maximum atomic E-state index is 11.9. The van der Waals surface area contributed by atoms with Gasteiger partial charge in [0, 0.05) is 5.56 Å². The van der Waals surface area contributed by atoms with E-state index in [0.717, 1.165) is 19.4 Å². The van der Waals surface area contributed by atoms with Gasteiger partial charge in [-0.15, -0.1) is 0 Å². The van der Waals surface area contributed by atoms with Crippen LogP contribution in [0.1, 0.15) is 44.6 Å². The zero-order valence-electron chi connectivity index (χ0n) is 14.2. The number of benzene rings is 1. The van der Waals surface area contributed by atoms with E-state index in [4.69, 9.17) is 4.74 Å². The zero-order chi connectivity index (χ0) is 15.6. The molecule has 0 unspecified atom stereocenters. The van der Waals surface area contributed by atoms with Gasteiger partial charge >= 0.3 is 5.97 Å². The molecule has 1 rings (SSSR count). The highest BCUT2D eigenvalue weighted by molar-refractivity contribution is 5.70. The van der Waals surface area contributed by atoms with Gasteiger partial charge in [-0.3, -0.25) is 0 Å². The molecule has 0 fully saturated rings. The second kappa shape index (κ2) is 11.7. The number of nitrogens with zero attached hydrogens (tertiary/aromatic N) is 1. The third-order valence-corrected chi connectivity index (χ3v) is 3.52. The number of quaternary nitrogens is 1. The molecule has 3 nitrogen and oxygen atoms in total. The van der Waals surface area contributed by atoms with Crippen LogP contribution in [0.4, 0.5) is 0 Å². The number of hydrogen-bond acceptors (Lipinski definition) is 2. The first-order valence-electron chi connectivity index (χ1n) is 8.05. The Labute approximate surface area is 146 Å². The van der Waals surface area contributed by atoms with E-state index in [0.29, 0.717) is 17.6 Å². The molecule has 0 aliphatic rings. The molecule has 0 saturated heterocycles. The van der Waals surface area contributed by atoms with Crippen LogP contribution in [0.3, 0.4) is 0 Å². The van der Waals surface area contributed by atoms with Crippen molar-refractivity contribution in [2.45, 2.75) is 45.6 Å². The predicted molar refractivity (Wildman–Crippen MR) is 86.8 cm³/mol. The Morgan fingerprint density at radius 1 is 1.05 bits per heavy atom. The average molecular weight is 372 g/mol. The molecule has 0 aromatic heterocycles. The lowest BCUT2D eigenvalue weighted by Gasteiger charge is -2.28. The summed E-state index contributed by atoms with van der Waals surface area (Å²) in [5.41, 5.74) is 1.25. The van der Waals surface area contributed by atoms with E-state index in [-0.39, 0.29) is 23.0 Å². The number of carbonyl (C=O) groups excluding carboxylic acids is 1. The van der Waals surface area contributed by atoms with Crippen molar-refractivity contribution in [2.75, 3.05) is 27.2 Å². The first-order chi connectivity index (χ1) is 10.0. The summed E-state index contributed by atoms with van der Waals surface area (Å²) in [6, 6.07) is 10.3. The van der Waals surface area contributed by atoms with Gasteiger partial charge in [-0.05, 0) is 6.42 Å². The van der Waals surface area contributed by atoms with Crippen molar-refractivity contribution in [1.29, 1.82) is 0 Å². The number of hydrogen-bond donors (Lipinski definition) is 0. The van der Waals surface area contributed by atoms with Crippen LogP contribution in [0.5, 0.6) is 0 Å². The molecule has 0 atom stereocenters. The van der Waals surface area contributed by atoms with Crippen LogP contribution in [0, 0.1) is 0 Å². The van der Waals surface area contributed by atoms with Crippen LogP contribution >= 0.6 is 0 Å². The topological polar surface area (TPSA) is 26.3 Å². The largest absolute Gasteiger partial charge is 1.00 e. The SMILES string of the molecule is CCCCCCCOC(=O)C[N+](C)(C)Cc1ccccc1.[Br-]. The summed E-state index contributed by atoms with van der Waals surface area (Å²) < 4.78 is 5.96. The molecule has 0 N–H and O–H groups in total. The number of rotatable bonds is 10. The minimum atomic E-state index is -0.0913. The molecule has 1 aromatic rings. The molecule has 0 radical (unpaired) electrons. The Balaban J connectivity index is 0.00000441. The molecule has 0 spiro atoms. The van der Waals surface area contributed by atoms with Crippen LogP contribution in [0.25, 0.3) is 0 Å². The summed E-state index contributed by atoms with van der Waals surface area (Å²) in [6.07, 6.45) is 5.89. The summed E-state index contributed by atoms with van der Waals surface area (Å²) in [6.45, 7) is 4.02. The third kappa shape index (κ3) is 9.96. The fraction of sp³-hybridized carbons (Fsp3) is 0.611. The van der Waals surface area contributed by atoms with Crippen molar-refractivity contribution in [3.05, 3.63) is 35.9 Å². The number of halogens is 1. The van der Waals surface area contributed by atoms with Gasteiger partial charge in [-0.1, -0.05) is 62.9 Å². The van der Waals surface area contributed by atoms with E-state index >= 15 is 0 Å². The first kappa shape index (κ1) is 21.1. The standard InChI is InChI=1S/C18H30NO2.BrH/c1-4-5-6-7-11-14-21-18(20)16-19(2,3)15-17-12-9-8-10-13-17;/h8-10,12-13H,4-7,11,14-16H2,1-3H3;1H/q+1;/p-1. The Hall–Kier alpha value is -0.870. The van der Waals surface area contributed by atoms with E-state index < -0.39 is 0 Å². The third-order valence-electron chi connectivity index (χ3n) is 3.52. The van der Waals surface area contributed by atoms with Gasteiger partial charge in [0.15, 0.2) is 6.54 Å². The number of carbonyl (C=O) groups is 1. The van der Waals surface area contributed by atoms with E-state index in [1.54, 1.807) is 0 Å². The fourth-order valence-corrected chi connectivity index (χ4v) is 2.42. The molecule has 0 saturated carbocycles. The van der Waals surface area contributed by atoms with Gasteiger partial charge in [-0.25, -0.2) is 4.79 Å². The van der Waals surface area contributed by atoms with Crippen molar-refractivity contribution in [3.63, 3.8) is 0 Å². The summed E-state index contributed by atoms with van der Waals surface area (Å²) in [4.78, 5) is 11.9. The molecule has 22 heavy (non-hydrogen) atoms. The first-order valence-corrected chi connectivity index (χ1v) is 8.05. The van der Waals surface area contributed by atoms with Crippen LogP contribution in [-0.2, 0) is 16.1 Å². The molecule has 1 aromatic carbocycles. The van der Waals surface area contributed by atoms with Crippen molar-refractivity contribution in [3.8, 4) is 0 Å². The number of ether oxygens (including phenoxy) is 1. The molecule has 0 aliphatic carbocycles. The highest BCUT2D eigenvalue weighted by atomic mass is 79.9. The zero-order valence-corrected chi connectivity index (χ0v) is 15.8. The summed E-state index contributed by atoms with van der Waals surface area (Å²) in [5, 5.41) is 0. The van der Waals surface area contributed by atoms with Crippen molar-refractivity contribution in [1.82, 2.24) is 0 Å². The maximum absolute atomic E-state index is 11.9. The second-order valence-electron chi connectivity index (χ2n) is 6.37. The van der Waals surface area contributed by atoms with Gasteiger partial charge in [0.2, 0.25) is 0 Å². The van der Waals surface area contributed by atoms with Crippen LogP contribution < -0.4 is 17.0 Å². The fourth-order valence-electron chi connectivity index (χ4n) is 2.42. The van der Waals surface area contributed by atoms with Gasteiger partial charge in [0.05, 0.1) is 20.7 Å². The van der Waals surface area contributed by atoms with Crippen molar-refractivity contribution < 1.29 is 31.0 Å². The number of likely N-dealkylation sites (N-methyl/N-ethyl adjacent to an activating group) is 1. The van der Waals surface area contributed by atoms with Crippen molar-refractivity contribution in [2.24, 2.45) is 0 Å². The van der Waals surface area contributed by atoms with E-state index in [1.165, 1.54) is 24.8 Å². The second-order valence-corrected chi connectivity index (χ2v) is 6.37. The van der Waals surface area contributed by atoms with Gasteiger partial charge in [0.25, 0.3) is 0 Å². The van der Waals surface area contributed by atoms with E-state index in [1.807, 2.05) is 18.2 Å². The summed E-state index contributed by atoms with van der Waals surface area (Å²) >= 11 is 0. The normalized spacial score (nSPS) is 10.9. The molecule has 0 amide bonds. The summed E-state index contributed by atoms with van der Waals surface area (Å²) in [5.74, 6) is -0.0913. The molecule has 0 heterocycles. The van der Waals surface area contributed by atoms with Crippen LogP contribution in [0.15, 0.2) is 30.3 Å². The minimum Gasteiger partial charge on any atom is -1.00 e. The van der Waals surface area contributed by atoms with E-state index in [2.05, 4.69) is 33.2 Å². The molecule has 4 heteroatoms.